The maximum absolute atomic E-state index is 12.3. The molecule has 1 aromatic carbocycles. The first kappa shape index (κ1) is 17.6. The third-order valence-electron chi connectivity index (χ3n) is 4.26. The van der Waals surface area contributed by atoms with E-state index in [-0.39, 0.29) is 0 Å². The lowest BCUT2D eigenvalue weighted by atomic mass is 10.0. The van der Waals surface area contributed by atoms with E-state index in [0.29, 0.717) is 18.5 Å². The highest BCUT2D eigenvalue weighted by Crippen LogP contribution is 2.17. The van der Waals surface area contributed by atoms with Crippen LogP contribution in [-0.2, 0) is 14.3 Å². The molecule has 136 valence electrons. The third kappa shape index (κ3) is 3.88. The van der Waals surface area contributed by atoms with E-state index >= 15 is 0 Å². The number of likely N-dealkylation sites (tertiary alicyclic amines) is 1. The van der Waals surface area contributed by atoms with Gasteiger partial charge in [-0.25, -0.2) is 14.5 Å². The smallest absolute Gasteiger partial charge is 0.338 e. The van der Waals surface area contributed by atoms with Crippen molar-refractivity contribution in [1.29, 1.82) is 0 Å². The molecular weight excluding hydrogens is 338 g/mol. The Kier molecular flexibility index (Phi) is 5.26. The zero-order valence-electron chi connectivity index (χ0n) is 14.1. The molecule has 2 amide bonds. The number of ether oxygens (including phenoxy) is 1. The molecule has 0 bridgehead atoms. The van der Waals surface area contributed by atoms with Crippen molar-refractivity contribution >= 4 is 17.8 Å². The molecule has 0 unspecified atom stereocenters. The van der Waals surface area contributed by atoms with Crippen LogP contribution in [0.5, 0.6) is 0 Å². The van der Waals surface area contributed by atoms with Crippen molar-refractivity contribution in [3.8, 4) is 5.69 Å². The van der Waals surface area contributed by atoms with Crippen molar-refractivity contribution < 1.29 is 19.1 Å². The van der Waals surface area contributed by atoms with Crippen molar-refractivity contribution in [1.82, 2.24) is 19.7 Å². The number of aromatic nitrogens is 3. The number of nitrogens with two attached hydrogens (primary N) is 1. The molecule has 2 heterocycles. The summed E-state index contributed by atoms with van der Waals surface area (Å²) in [6.45, 7) is 0.0179. The van der Waals surface area contributed by atoms with Gasteiger partial charge in [0.2, 0.25) is 5.91 Å². The summed E-state index contributed by atoms with van der Waals surface area (Å²) in [4.78, 5) is 41.1. The molecule has 9 nitrogen and oxygen atoms in total. The first-order valence-corrected chi connectivity index (χ1v) is 8.27. The molecule has 0 radical (unpaired) electrons. The van der Waals surface area contributed by atoms with Crippen LogP contribution in [0.4, 0.5) is 0 Å². The molecule has 2 N–H and O–H groups in total. The Morgan fingerprint density at radius 2 is 1.96 bits per heavy atom. The Morgan fingerprint density at radius 3 is 2.62 bits per heavy atom. The van der Waals surface area contributed by atoms with Gasteiger partial charge in [-0.15, -0.1) is 0 Å². The van der Waals surface area contributed by atoms with Crippen LogP contribution < -0.4 is 5.73 Å². The average molecular weight is 357 g/mol. The second-order valence-corrected chi connectivity index (χ2v) is 5.96. The van der Waals surface area contributed by atoms with Crippen LogP contribution >= 0.6 is 0 Å². The Bertz CT molecular complexity index is 788. The maximum Gasteiger partial charge on any atom is 0.338 e. The molecule has 0 aliphatic carbocycles. The maximum atomic E-state index is 12.3. The topological polar surface area (TPSA) is 120 Å². The fraction of sp³-hybridized carbons (Fsp3) is 0.353. The van der Waals surface area contributed by atoms with Gasteiger partial charge in [-0.1, -0.05) is 0 Å². The Balaban J connectivity index is 1.58. The van der Waals surface area contributed by atoms with Gasteiger partial charge in [0.05, 0.1) is 11.3 Å². The molecular formula is C17H19N5O4. The molecule has 1 aliphatic rings. The van der Waals surface area contributed by atoms with Crippen molar-refractivity contribution in [2.45, 2.75) is 25.3 Å². The lowest BCUT2D eigenvalue weighted by molar-refractivity contribution is -0.143. The van der Waals surface area contributed by atoms with Gasteiger partial charge in [0, 0.05) is 6.54 Å². The number of esters is 1. The molecule has 9 heteroatoms. The van der Waals surface area contributed by atoms with E-state index in [1.165, 1.54) is 11.2 Å². The summed E-state index contributed by atoms with van der Waals surface area (Å²) in [6, 6.07) is 5.92. The summed E-state index contributed by atoms with van der Waals surface area (Å²) < 4.78 is 6.64. The predicted octanol–water partition coefficient (Wildman–Crippen LogP) is 0.291. The van der Waals surface area contributed by atoms with Crippen molar-refractivity contribution in [2.75, 3.05) is 13.2 Å². The summed E-state index contributed by atoms with van der Waals surface area (Å²) in [5.74, 6) is -1.56. The van der Waals surface area contributed by atoms with Gasteiger partial charge < -0.3 is 15.4 Å². The number of rotatable bonds is 5. The second kappa shape index (κ2) is 7.77. The number of nitrogens with zero attached hydrogens (tertiary/aromatic N) is 4. The van der Waals surface area contributed by atoms with E-state index in [2.05, 4.69) is 10.1 Å². The Hall–Kier alpha value is -3.23. The van der Waals surface area contributed by atoms with Gasteiger partial charge in [-0.05, 0) is 43.5 Å². The largest absolute Gasteiger partial charge is 0.452 e. The normalized spacial score (nSPS) is 16.9. The second-order valence-electron chi connectivity index (χ2n) is 5.96. The number of amides is 2. The molecule has 0 spiro atoms. The summed E-state index contributed by atoms with van der Waals surface area (Å²) in [5, 5.41) is 4.00. The van der Waals surface area contributed by atoms with Crippen LogP contribution in [-0.4, -0.2) is 56.6 Å². The number of hydrogen-bond acceptors (Lipinski definition) is 6. The first-order chi connectivity index (χ1) is 12.6. The zero-order chi connectivity index (χ0) is 18.5. The Morgan fingerprint density at radius 1 is 1.19 bits per heavy atom. The fourth-order valence-corrected chi connectivity index (χ4v) is 2.91. The number of hydrogen-bond donors (Lipinski definition) is 1. The summed E-state index contributed by atoms with van der Waals surface area (Å²) in [6.07, 6.45) is 5.13. The minimum atomic E-state index is -0.628. The van der Waals surface area contributed by atoms with Gasteiger partial charge in [-0.3, -0.25) is 9.59 Å². The van der Waals surface area contributed by atoms with Crippen molar-refractivity contribution in [3.05, 3.63) is 42.5 Å². The third-order valence-corrected chi connectivity index (χ3v) is 4.26. The monoisotopic (exact) mass is 357 g/mol. The first-order valence-electron chi connectivity index (χ1n) is 8.27. The van der Waals surface area contributed by atoms with Crippen molar-refractivity contribution in [2.24, 2.45) is 5.73 Å². The fourth-order valence-electron chi connectivity index (χ4n) is 2.91. The lowest BCUT2D eigenvalue weighted by Crippen LogP contribution is -2.51. The van der Waals surface area contributed by atoms with Crippen LogP contribution in [0.15, 0.2) is 36.9 Å². The van der Waals surface area contributed by atoms with Crippen molar-refractivity contribution in [3.63, 3.8) is 0 Å². The van der Waals surface area contributed by atoms with Gasteiger partial charge >= 0.3 is 5.97 Å². The highest BCUT2D eigenvalue weighted by atomic mass is 16.5. The molecule has 0 saturated carbocycles. The van der Waals surface area contributed by atoms with E-state index in [9.17, 15) is 14.4 Å². The van der Waals surface area contributed by atoms with Gasteiger partial charge in [0.1, 0.15) is 18.7 Å². The molecule has 1 fully saturated rings. The highest BCUT2D eigenvalue weighted by Gasteiger charge is 2.31. The number of piperidine rings is 1. The molecule has 1 aliphatic heterocycles. The Labute approximate surface area is 149 Å². The van der Waals surface area contributed by atoms with Crippen LogP contribution in [0.1, 0.15) is 29.6 Å². The van der Waals surface area contributed by atoms with E-state index < -0.39 is 30.4 Å². The van der Waals surface area contributed by atoms with Crippen LogP contribution in [0, 0.1) is 0 Å². The van der Waals surface area contributed by atoms with E-state index in [1.807, 2.05) is 0 Å². The van der Waals surface area contributed by atoms with Crippen LogP contribution in [0.25, 0.3) is 5.69 Å². The minimum Gasteiger partial charge on any atom is -0.452 e. The highest BCUT2D eigenvalue weighted by molar-refractivity contribution is 5.92. The van der Waals surface area contributed by atoms with E-state index in [0.717, 1.165) is 18.5 Å². The molecule has 1 atom stereocenters. The molecule has 2 aromatic rings. The SMILES string of the molecule is NC(=O)[C@@H]1CCCCN1C(=O)COC(=O)c1ccc(-n2cncn2)cc1. The average Bonchev–Trinajstić information content (AvgIpc) is 3.20. The molecule has 26 heavy (non-hydrogen) atoms. The summed E-state index contributed by atoms with van der Waals surface area (Å²) in [7, 11) is 0. The molecule has 1 aromatic heterocycles. The molecule has 3 rings (SSSR count). The number of benzene rings is 1. The zero-order valence-corrected chi connectivity index (χ0v) is 14.1. The van der Waals surface area contributed by atoms with E-state index in [1.54, 1.807) is 35.3 Å². The van der Waals surface area contributed by atoms with Gasteiger partial charge in [0.15, 0.2) is 6.61 Å². The summed E-state index contributed by atoms with van der Waals surface area (Å²) in [5.41, 5.74) is 6.40. The van der Waals surface area contributed by atoms with Crippen LogP contribution in [0.3, 0.4) is 0 Å². The van der Waals surface area contributed by atoms with Gasteiger partial charge in [0.25, 0.3) is 5.91 Å². The molecule has 1 saturated heterocycles. The van der Waals surface area contributed by atoms with Crippen LogP contribution in [0.2, 0.25) is 0 Å². The predicted molar refractivity (Wildman–Crippen MR) is 90.2 cm³/mol. The number of carbonyl (C=O) groups is 3. The quantitative estimate of drug-likeness (QED) is 0.768. The minimum absolute atomic E-state index is 0.312. The van der Waals surface area contributed by atoms with Gasteiger partial charge in [-0.2, -0.15) is 5.10 Å². The lowest BCUT2D eigenvalue weighted by Gasteiger charge is -2.33. The number of carbonyl (C=O) groups excluding carboxylic acids is 3. The summed E-state index contributed by atoms with van der Waals surface area (Å²) >= 11 is 0. The van der Waals surface area contributed by atoms with E-state index in [4.69, 9.17) is 10.5 Å². The number of primary amides is 1. The standard InChI is InChI=1S/C17H19N5O4/c18-16(24)14-3-1-2-8-21(14)15(23)9-26-17(25)12-4-6-13(7-5-12)22-11-19-10-20-22/h4-7,10-11,14H,1-3,8-9H2,(H2,18,24)/t14-/m0/s1.